The van der Waals surface area contributed by atoms with Gasteiger partial charge in [-0.15, -0.1) is 0 Å². The molecule has 0 amide bonds. The van der Waals surface area contributed by atoms with E-state index in [-0.39, 0.29) is 0 Å². The lowest BCUT2D eigenvalue weighted by molar-refractivity contribution is 0.0841. The third-order valence-electron chi connectivity index (χ3n) is 3.14. The normalized spacial score (nSPS) is 17.5. The lowest BCUT2D eigenvalue weighted by Crippen LogP contribution is -2.54. The molecule has 2 heterocycles. The van der Waals surface area contributed by atoms with Crippen molar-refractivity contribution in [3.05, 3.63) is 54.4 Å². The molecular formula is C14H13FN2. The van der Waals surface area contributed by atoms with Gasteiger partial charge in [-0.25, -0.2) is 4.39 Å². The minimum absolute atomic E-state index is 0.366. The third kappa shape index (κ3) is 1.83. The van der Waals surface area contributed by atoms with Crippen LogP contribution in [0.4, 0.5) is 4.39 Å². The first-order chi connectivity index (χ1) is 8.28. The average Bonchev–Trinajstić information content (AvgIpc) is 2.37. The van der Waals surface area contributed by atoms with Crippen molar-refractivity contribution in [2.75, 3.05) is 13.1 Å². The number of nitrogens with one attached hydrogen (secondary N) is 1. The highest BCUT2D eigenvalue weighted by molar-refractivity contribution is 5.62. The first-order valence-electron chi connectivity index (χ1n) is 5.70. The molecule has 17 heavy (non-hydrogen) atoms. The van der Waals surface area contributed by atoms with E-state index in [0.717, 1.165) is 11.1 Å². The molecule has 3 heteroatoms. The van der Waals surface area contributed by atoms with Gasteiger partial charge in [0.1, 0.15) is 0 Å². The van der Waals surface area contributed by atoms with Gasteiger partial charge in [0.05, 0.1) is 5.69 Å². The highest BCUT2D eigenvalue weighted by atomic mass is 19.1. The summed E-state index contributed by atoms with van der Waals surface area (Å²) in [6.45, 7) is 0.732. The Bertz CT molecular complexity index is 504. The maximum Gasteiger partial charge on any atom is 0.177 e. The summed E-state index contributed by atoms with van der Waals surface area (Å²) < 4.78 is 14.0. The van der Waals surface area contributed by atoms with Crippen LogP contribution in [0.15, 0.2) is 48.7 Å². The van der Waals surface area contributed by atoms with Crippen molar-refractivity contribution < 1.29 is 4.39 Å². The van der Waals surface area contributed by atoms with E-state index in [1.165, 1.54) is 0 Å². The van der Waals surface area contributed by atoms with E-state index in [9.17, 15) is 4.39 Å². The van der Waals surface area contributed by atoms with Crippen LogP contribution in [0.2, 0.25) is 0 Å². The monoisotopic (exact) mass is 228 g/mol. The quantitative estimate of drug-likeness (QED) is 0.854. The Morgan fingerprint density at radius 3 is 2.29 bits per heavy atom. The number of alkyl halides is 1. The molecule has 86 valence electrons. The van der Waals surface area contributed by atoms with E-state index in [1.54, 1.807) is 12.3 Å². The van der Waals surface area contributed by atoms with Crippen LogP contribution in [-0.2, 0) is 5.67 Å². The maximum atomic E-state index is 14.0. The Hall–Kier alpha value is -1.74. The molecule has 1 fully saturated rings. The Morgan fingerprint density at radius 1 is 1.00 bits per heavy atom. The Kier molecular flexibility index (Phi) is 2.41. The number of hydrogen-bond acceptors (Lipinski definition) is 2. The smallest absolute Gasteiger partial charge is 0.177 e. The van der Waals surface area contributed by atoms with E-state index >= 15 is 0 Å². The van der Waals surface area contributed by atoms with Crippen LogP contribution in [-0.4, -0.2) is 18.1 Å². The molecule has 1 aliphatic rings. The van der Waals surface area contributed by atoms with E-state index in [2.05, 4.69) is 10.3 Å². The van der Waals surface area contributed by atoms with Crippen molar-refractivity contribution in [2.45, 2.75) is 5.67 Å². The number of rotatable bonds is 2. The van der Waals surface area contributed by atoms with Crippen molar-refractivity contribution in [2.24, 2.45) is 0 Å². The molecule has 1 aliphatic heterocycles. The van der Waals surface area contributed by atoms with E-state index in [4.69, 9.17) is 0 Å². The zero-order chi connectivity index (χ0) is 11.7. The first kappa shape index (κ1) is 10.4. The van der Waals surface area contributed by atoms with Gasteiger partial charge in [-0.3, -0.25) is 4.98 Å². The van der Waals surface area contributed by atoms with E-state index in [0.29, 0.717) is 18.8 Å². The Balaban J connectivity index is 1.90. The number of benzene rings is 1. The molecule has 1 N–H and O–H groups in total. The minimum Gasteiger partial charge on any atom is -0.309 e. The van der Waals surface area contributed by atoms with E-state index in [1.807, 2.05) is 36.4 Å². The van der Waals surface area contributed by atoms with Crippen molar-refractivity contribution in [1.82, 2.24) is 10.3 Å². The molecule has 3 rings (SSSR count). The summed E-state index contributed by atoms with van der Waals surface area (Å²) in [5.41, 5.74) is 1.38. The largest absolute Gasteiger partial charge is 0.309 e. The molecule has 1 aromatic heterocycles. The number of aromatic nitrogens is 1. The summed E-state index contributed by atoms with van der Waals surface area (Å²) in [4.78, 5) is 4.23. The van der Waals surface area contributed by atoms with Gasteiger partial charge in [0, 0.05) is 24.8 Å². The zero-order valence-electron chi connectivity index (χ0n) is 9.36. The van der Waals surface area contributed by atoms with Crippen molar-refractivity contribution in [3.63, 3.8) is 0 Å². The number of pyridine rings is 1. The third-order valence-corrected chi connectivity index (χ3v) is 3.14. The topological polar surface area (TPSA) is 24.9 Å². The van der Waals surface area contributed by atoms with Crippen LogP contribution in [0.1, 0.15) is 5.69 Å². The van der Waals surface area contributed by atoms with Gasteiger partial charge in [0.2, 0.25) is 0 Å². The summed E-state index contributed by atoms with van der Waals surface area (Å²) in [6.07, 6.45) is 1.74. The second kappa shape index (κ2) is 3.93. The fraction of sp³-hybridized carbons (Fsp3) is 0.214. The molecule has 2 nitrogen and oxygen atoms in total. The molecular weight excluding hydrogens is 215 g/mol. The summed E-state index contributed by atoms with van der Waals surface area (Å²) >= 11 is 0. The van der Waals surface area contributed by atoms with Crippen LogP contribution in [0.3, 0.4) is 0 Å². The molecule has 0 aliphatic carbocycles. The lowest BCUT2D eigenvalue weighted by Gasteiger charge is -2.34. The van der Waals surface area contributed by atoms with Crippen molar-refractivity contribution in [1.29, 1.82) is 0 Å². The predicted molar refractivity (Wildman–Crippen MR) is 65.3 cm³/mol. The molecule has 0 radical (unpaired) electrons. The Labute approximate surface area is 99.5 Å². The summed E-state index contributed by atoms with van der Waals surface area (Å²) in [5.74, 6) is 0. The van der Waals surface area contributed by atoms with Crippen molar-refractivity contribution >= 4 is 0 Å². The second-order valence-electron chi connectivity index (χ2n) is 4.37. The highest BCUT2D eigenvalue weighted by Gasteiger charge is 2.40. The van der Waals surface area contributed by atoms with Crippen LogP contribution < -0.4 is 5.32 Å². The van der Waals surface area contributed by atoms with Crippen LogP contribution in [0.25, 0.3) is 11.1 Å². The zero-order valence-corrected chi connectivity index (χ0v) is 9.36. The van der Waals surface area contributed by atoms with Gasteiger partial charge in [-0.2, -0.15) is 0 Å². The van der Waals surface area contributed by atoms with Gasteiger partial charge in [-0.05, 0) is 11.6 Å². The highest BCUT2D eigenvalue weighted by Crippen LogP contribution is 2.29. The summed E-state index contributed by atoms with van der Waals surface area (Å²) in [5, 5.41) is 2.93. The maximum absolute atomic E-state index is 14.0. The van der Waals surface area contributed by atoms with Crippen LogP contribution in [0.5, 0.6) is 0 Å². The SMILES string of the molecule is FC1(c2ccc(-c3ccccc3)cn2)CNC1. The predicted octanol–water partition coefficient (Wildman–Crippen LogP) is 2.52. The average molecular weight is 228 g/mol. The molecule has 1 aromatic carbocycles. The number of nitrogens with zero attached hydrogens (tertiary/aromatic N) is 1. The van der Waals surface area contributed by atoms with Gasteiger partial charge >= 0.3 is 0 Å². The fourth-order valence-corrected chi connectivity index (χ4v) is 1.99. The van der Waals surface area contributed by atoms with Crippen LogP contribution in [0, 0.1) is 0 Å². The molecule has 0 saturated carbocycles. The van der Waals surface area contributed by atoms with Crippen LogP contribution >= 0.6 is 0 Å². The molecule has 0 spiro atoms. The van der Waals surface area contributed by atoms with Gasteiger partial charge in [0.25, 0.3) is 0 Å². The second-order valence-corrected chi connectivity index (χ2v) is 4.37. The van der Waals surface area contributed by atoms with Gasteiger partial charge in [0.15, 0.2) is 5.67 Å². The standard InChI is InChI=1S/C14H13FN2/c15-14(9-16-10-14)13-7-6-12(8-17-13)11-4-2-1-3-5-11/h1-8,16H,9-10H2. The summed E-state index contributed by atoms with van der Waals surface area (Å²) in [6, 6.07) is 13.7. The molecule has 0 bridgehead atoms. The number of halogens is 1. The minimum atomic E-state index is -1.27. The number of hydrogen-bond donors (Lipinski definition) is 1. The fourth-order valence-electron chi connectivity index (χ4n) is 1.99. The molecule has 0 atom stereocenters. The Morgan fingerprint density at radius 2 is 1.76 bits per heavy atom. The molecule has 0 unspecified atom stereocenters. The van der Waals surface area contributed by atoms with Crippen molar-refractivity contribution in [3.8, 4) is 11.1 Å². The van der Waals surface area contributed by atoms with Gasteiger partial charge in [-0.1, -0.05) is 36.4 Å². The first-order valence-corrected chi connectivity index (χ1v) is 5.70. The van der Waals surface area contributed by atoms with E-state index < -0.39 is 5.67 Å². The molecule has 1 saturated heterocycles. The lowest BCUT2D eigenvalue weighted by atomic mass is 9.94. The van der Waals surface area contributed by atoms with Gasteiger partial charge < -0.3 is 5.32 Å². The summed E-state index contributed by atoms with van der Waals surface area (Å²) in [7, 11) is 0. The molecule has 2 aromatic rings.